The molecule has 0 aliphatic heterocycles. The smallest absolute Gasteiger partial charge is 0.302 e. The minimum absolute atomic E-state index is 0.169. The SMILES string of the molecule is CC(=O)OCC1(O)CCC1. The molecule has 0 aromatic heterocycles. The third-order valence-corrected chi connectivity index (χ3v) is 1.83. The van der Waals surface area contributed by atoms with E-state index in [0.29, 0.717) is 0 Å². The summed E-state index contributed by atoms with van der Waals surface area (Å²) in [5.74, 6) is -0.319. The lowest BCUT2D eigenvalue weighted by molar-refractivity contribution is -0.154. The zero-order chi connectivity index (χ0) is 7.61. The Kier molecular flexibility index (Phi) is 1.94. The van der Waals surface area contributed by atoms with E-state index >= 15 is 0 Å². The minimum Gasteiger partial charge on any atom is -0.463 e. The van der Waals surface area contributed by atoms with Gasteiger partial charge in [-0.1, -0.05) is 0 Å². The van der Waals surface area contributed by atoms with Gasteiger partial charge in [0.1, 0.15) is 6.61 Å². The van der Waals surface area contributed by atoms with Gasteiger partial charge in [0.15, 0.2) is 0 Å². The zero-order valence-electron chi connectivity index (χ0n) is 6.09. The molecule has 1 fully saturated rings. The Hall–Kier alpha value is -0.570. The Morgan fingerprint density at radius 2 is 2.30 bits per heavy atom. The number of hydrogen-bond acceptors (Lipinski definition) is 3. The molecule has 1 aliphatic rings. The highest BCUT2D eigenvalue weighted by atomic mass is 16.5. The molecule has 1 N–H and O–H groups in total. The Bertz CT molecular complexity index is 138. The molecular formula is C7H12O3. The summed E-state index contributed by atoms with van der Waals surface area (Å²) in [6, 6.07) is 0. The summed E-state index contributed by atoms with van der Waals surface area (Å²) < 4.78 is 4.66. The summed E-state index contributed by atoms with van der Waals surface area (Å²) in [6.45, 7) is 1.52. The second kappa shape index (κ2) is 2.58. The van der Waals surface area contributed by atoms with Crippen molar-refractivity contribution >= 4 is 5.97 Å². The van der Waals surface area contributed by atoms with Crippen LogP contribution in [0.15, 0.2) is 0 Å². The van der Waals surface area contributed by atoms with Crippen LogP contribution in [-0.4, -0.2) is 23.3 Å². The number of esters is 1. The third kappa shape index (κ3) is 1.70. The van der Waals surface area contributed by atoms with Crippen LogP contribution in [0.1, 0.15) is 26.2 Å². The van der Waals surface area contributed by atoms with Gasteiger partial charge in [-0.3, -0.25) is 4.79 Å². The molecule has 10 heavy (non-hydrogen) atoms. The average Bonchev–Trinajstić information content (AvgIpc) is 1.79. The number of hydrogen-bond donors (Lipinski definition) is 1. The number of ether oxygens (including phenoxy) is 1. The summed E-state index contributed by atoms with van der Waals surface area (Å²) in [5.41, 5.74) is -0.689. The molecule has 58 valence electrons. The van der Waals surface area contributed by atoms with Gasteiger partial charge in [0.25, 0.3) is 0 Å². The maximum absolute atomic E-state index is 10.3. The van der Waals surface area contributed by atoms with Crippen molar-refractivity contribution in [2.75, 3.05) is 6.61 Å². The lowest BCUT2D eigenvalue weighted by Gasteiger charge is -2.35. The maximum atomic E-state index is 10.3. The van der Waals surface area contributed by atoms with Gasteiger partial charge >= 0.3 is 5.97 Å². The van der Waals surface area contributed by atoms with Crippen LogP contribution in [0.2, 0.25) is 0 Å². The highest BCUT2D eigenvalue weighted by Gasteiger charge is 2.35. The minimum atomic E-state index is -0.689. The second-order valence-corrected chi connectivity index (χ2v) is 2.86. The summed E-state index contributed by atoms with van der Waals surface area (Å²) in [6.07, 6.45) is 2.57. The molecule has 0 radical (unpaired) electrons. The van der Waals surface area contributed by atoms with Crippen molar-refractivity contribution in [1.82, 2.24) is 0 Å². The predicted molar refractivity (Wildman–Crippen MR) is 35.4 cm³/mol. The Morgan fingerprint density at radius 3 is 2.60 bits per heavy atom. The zero-order valence-corrected chi connectivity index (χ0v) is 6.09. The summed E-state index contributed by atoms with van der Waals surface area (Å²) in [4.78, 5) is 10.3. The van der Waals surface area contributed by atoms with E-state index in [2.05, 4.69) is 4.74 Å². The van der Waals surface area contributed by atoms with Crippen LogP contribution in [0.5, 0.6) is 0 Å². The molecule has 0 spiro atoms. The van der Waals surface area contributed by atoms with Crippen LogP contribution >= 0.6 is 0 Å². The first-order chi connectivity index (χ1) is 4.62. The van der Waals surface area contributed by atoms with Gasteiger partial charge in [-0.2, -0.15) is 0 Å². The molecule has 0 atom stereocenters. The molecule has 0 aromatic carbocycles. The van der Waals surface area contributed by atoms with Gasteiger partial charge in [0.2, 0.25) is 0 Å². The first kappa shape index (κ1) is 7.54. The highest BCUT2D eigenvalue weighted by Crippen LogP contribution is 2.31. The fourth-order valence-electron chi connectivity index (χ4n) is 0.965. The molecule has 0 amide bonds. The standard InChI is InChI=1S/C7H12O3/c1-6(8)10-5-7(9)3-2-4-7/h9H,2-5H2,1H3. The van der Waals surface area contributed by atoms with Gasteiger partial charge in [0.05, 0.1) is 5.60 Å². The van der Waals surface area contributed by atoms with Crippen molar-refractivity contribution < 1.29 is 14.6 Å². The number of carbonyl (C=O) groups is 1. The molecule has 3 nitrogen and oxygen atoms in total. The van der Waals surface area contributed by atoms with Crippen molar-refractivity contribution in [2.45, 2.75) is 31.8 Å². The van der Waals surface area contributed by atoms with Crippen molar-refractivity contribution in [3.63, 3.8) is 0 Å². The summed E-state index contributed by atoms with van der Waals surface area (Å²) >= 11 is 0. The third-order valence-electron chi connectivity index (χ3n) is 1.83. The summed E-state index contributed by atoms with van der Waals surface area (Å²) in [7, 11) is 0. The molecule has 0 unspecified atom stereocenters. The first-order valence-corrected chi connectivity index (χ1v) is 3.48. The number of rotatable bonds is 2. The first-order valence-electron chi connectivity index (χ1n) is 3.48. The Labute approximate surface area is 60.0 Å². The summed E-state index contributed by atoms with van der Waals surface area (Å²) in [5, 5.41) is 9.38. The Morgan fingerprint density at radius 1 is 1.70 bits per heavy atom. The molecule has 0 aromatic rings. The second-order valence-electron chi connectivity index (χ2n) is 2.86. The quantitative estimate of drug-likeness (QED) is 0.573. The largest absolute Gasteiger partial charge is 0.463 e. The van der Waals surface area contributed by atoms with Gasteiger partial charge in [0, 0.05) is 6.92 Å². The van der Waals surface area contributed by atoms with Crippen LogP contribution in [0.3, 0.4) is 0 Å². The van der Waals surface area contributed by atoms with Gasteiger partial charge in [-0.05, 0) is 19.3 Å². The van der Waals surface area contributed by atoms with Gasteiger partial charge in [-0.25, -0.2) is 0 Å². The molecule has 0 bridgehead atoms. The lowest BCUT2D eigenvalue weighted by Crippen LogP contribution is -2.41. The van der Waals surface area contributed by atoms with Crippen molar-refractivity contribution in [2.24, 2.45) is 0 Å². The van der Waals surface area contributed by atoms with Crippen LogP contribution < -0.4 is 0 Å². The average molecular weight is 144 g/mol. The van der Waals surface area contributed by atoms with E-state index in [1.165, 1.54) is 6.92 Å². The molecule has 1 saturated carbocycles. The van der Waals surface area contributed by atoms with E-state index < -0.39 is 5.60 Å². The Balaban J connectivity index is 2.18. The van der Waals surface area contributed by atoms with Crippen LogP contribution in [-0.2, 0) is 9.53 Å². The van der Waals surface area contributed by atoms with E-state index in [0.717, 1.165) is 19.3 Å². The van der Waals surface area contributed by atoms with Gasteiger partial charge in [-0.15, -0.1) is 0 Å². The lowest BCUT2D eigenvalue weighted by atomic mass is 9.81. The number of carbonyl (C=O) groups excluding carboxylic acids is 1. The molecule has 0 heterocycles. The van der Waals surface area contributed by atoms with Crippen molar-refractivity contribution in [3.8, 4) is 0 Å². The molecule has 1 aliphatic carbocycles. The fraction of sp³-hybridized carbons (Fsp3) is 0.857. The van der Waals surface area contributed by atoms with E-state index in [-0.39, 0.29) is 12.6 Å². The van der Waals surface area contributed by atoms with Crippen molar-refractivity contribution in [1.29, 1.82) is 0 Å². The fourth-order valence-corrected chi connectivity index (χ4v) is 0.965. The monoisotopic (exact) mass is 144 g/mol. The number of aliphatic hydroxyl groups is 1. The van der Waals surface area contributed by atoms with E-state index in [4.69, 9.17) is 0 Å². The van der Waals surface area contributed by atoms with E-state index in [1.807, 2.05) is 0 Å². The maximum Gasteiger partial charge on any atom is 0.302 e. The van der Waals surface area contributed by atoms with E-state index in [1.54, 1.807) is 0 Å². The van der Waals surface area contributed by atoms with Gasteiger partial charge < -0.3 is 9.84 Å². The highest BCUT2D eigenvalue weighted by molar-refractivity contribution is 5.65. The normalized spacial score (nSPS) is 21.4. The van der Waals surface area contributed by atoms with E-state index in [9.17, 15) is 9.90 Å². The van der Waals surface area contributed by atoms with Crippen LogP contribution in [0, 0.1) is 0 Å². The van der Waals surface area contributed by atoms with Crippen LogP contribution in [0.25, 0.3) is 0 Å². The molecule has 3 heteroatoms. The topological polar surface area (TPSA) is 46.5 Å². The molecular weight excluding hydrogens is 132 g/mol. The molecule has 1 rings (SSSR count). The predicted octanol–water partition coefficient (Wildman–Crippen LogP) is 0.464. The van der Waals surface area contributed by atoms with Crippen LogP contribution in [0.4, 0.5) is 0 Å². The van der Waals surface area contributed by atoms with Crippen molar-refractivity contribution in [3.05, 3.63) is 0 Å². The molecule has 0 saturated heterocycles.